The third-order valence-corrected chi connectivity index (χ3v) is 4.41. The minimum absolute atomic E-state index is 0.126. The molecule has 0 saturated heterocycles. The van der Waals surface area contributed by atoms with Crippen LogP contribution in [0.4, 0.5) is 5.13 Å². The molecule has 0 bridgehead atoms. The number of anilines is 1. The van der Waals surface area contributed by atoms with E-state index in [0.29, 0.717) is 16.5 Å². The summed E-state index contributed by atoms with van der Waals surface area (Å²) in [5, 5.41) is 17.2. The van der Waals surface area contributed by atoms with Crippen LogP contribution in [0.2, 0.25) is 0 Å². The van der Waals surface area contributed by atoms with Crippen molar-refractivity contribution in [2.45, 2.75) is 25.8 Å². The Hall–Kier alpha value is -1.12. The fraction of sp³-hybridized carbons (Fsp3) is 0.583. The van der Waals surface area contributed by atoms with E-state index < -0.39 is 0 Å². The Balaban J connectivity index is 2.26. The first-order valence-corrected chi connectivity index (χ1v) is 8.65. The summed E-state index contributed by atoms with van der Waals surface area (Å²) in [6, 6.07) is 1.65. The van der Waals surface area contributed by atoms with Crippen LogP contribution < -0.4 is 10.9 Å². The van der Waals surface area contributed by atoms with Gasteiger partial charge in [-0.05, 0) is 19.1 Å². The van der Waals surface area contributed by atoms with Crippen LogP contribution in [0, 0.1) is 0 Å². The summed E-state index contributed by atoms with van der Waals surface area (Å²) in [6.07, 6.45) is 3.40. The van der Waals surface area contributed by atoms with Crippen LogP contribution in [-0.2, 0) is 6.42 Å². The minimum Gasteiger partial charge on any atom is -0.396 e. The topological polar surface area (TPSA) is 79.5 Å². The molecule has 0 saturated carbocycles. The average Bonchev–Trinajstić information content (AvgIpc) is 2.82. The van der Waals surface area contributed by atoms with Crippen molar-refractivity contribution in [3.63, 3.8) is 0 Å². The summed E-state index contributed by atoms with van der Waals surface area (Å²) in [7, 11) is 0. The summed E-state index contributed by atoms with van der Waals surface area (Å²) >= 11 is 3.06. The normalized spacial score (nSPS) is 12.8. The maximum atomic E-state index is 11.9. The Morgan fingerprint density at radius 3 is 3.05 bits per heavy atom. The molecule has 0 spiro atoms. The molecular weight excluding hydrogens is 296 g/mol. The average molecular weight is 314 g/mol. The van der Waals surface area contributed by atoms with Crippen molar-refractivity contribution in [3.05, 3.63) is 22.1 Å². The molecule has 20 heavy (non-hydrogen) atoms. The van der Waals surface area contributed by atoms with Gasteiger partial charge in [0.25, 0.3) is 5.56 Å². The molecule has 0 aliphatic heterocycles. The number of aromatic nitrogens is 3. The molecule has 2 N–H and O–H groups in total. The second-order valence-electron chi connectivity index (χ2n) is 4.35. The molecule has 0 fully saturated rings. The molecule has 0 aromatic carbocycles. The SMILES string of the molecule is CCc1cc(=O)n2nc(NC(CCO)CSC)sc2n1. The molecule has 1 unspecified atom stereocenters. The zero-order valence-electron chi connectivity index (χ0n) is 11.5. The van der Waals surface area contributed by atoms with Crippen LogP contribution in [0.3, 0.4) is 0 Å². The summed E-state index contributed by atoms with van der Waals surface area (Å²) in [5.74, 6) is 0.874. The van der Waals surface area contributed by atoms with E-state index in [-0.39, 0.29) is 18.2 Å². The van der Waals surface area contributed by atoms with Crippen molar-refractivity contribution >= 4 is 33.2 Å². The van der Waals surface area contributed by atoms with Crippen molar-refractivity contribution in [1.82, 2.24) is 14.6 Å². The van der Waals surface area contributed by atoms with Gasteiger partial charge in [0.2, 0.25) is 10.1 Å². The minimum atomic E-state index is -0.153. The molecule has 1 atom stereocenters. The van der Waals surface area contributed by atoms with E-state index in [0.717, 1.165) is 17.9 Å². The van der Waals surface area contributed by atoms with Gasteiger partial charge in [-0.3, -0.25) is 4.79 Å². The second-order valence-corrected chi connectivity index (χ2v) is 6.22. The van der Waals surface area contributed by atoms with Crippen molar-refractivity contribution in [1.29, 1.82) is 0 Å². The number of thioether (sulfide) groups is 1. The van der Waals surface area contributed by atoms with Gasteiger partial charge in [-0.2, -0.15) is 16.3 Å². The van der Waals surface area contributed by atoms with Gasteiger partial charge in [0.1, 0.15) is 0 Å². The highest BCUT2D eigenvalue weighted by Crippen LogP contribution is 2.19. The zero-order chi connectivity index (χ0) is 14.5. The Kier molecular flexibility index (Phi) is 5.38. The van der Waals surface area contributed by atoms with E-state index in [1.807, 2.05) is 13.2 Å². The maximum Gasteiger partial charge on any atom is 0.275 e. The van der Waals surface area contributed by atoms with Crippen LogP contribution in [0.15, 0.2) is 10.9 Å². The van der Waals surface area contributed by atoms with Crippen LogP contribution in [0.5, 0.6) is 0 Å². The van der Waals surface area contributed by atoms with E-state index in [9.17, 15) is 4.79 Å². The van der Waals surface area contributed by atoms with Crippen molar-refractivity contribution < 1.29 is 5.11 Å². The number of hydrogen-bond donors (Lipinski definition) is 2. The summed E-state index contributed by atoms with van der Waals surface area (Å²) in [4.78, 5) is 16.9. The largest absolute Gasteiger partial charge is 0.396 e. The van der Waals surface area contributed by atoms with Gasteiger partial charge in [0, 0.05) is 30.2 Å². The smallest absolute Gasteiger partial charge is 0.275 e. The Bertz CT molecular complexity index is 619. The lowest BCUT2D eigenvalue weighted by molar-refractivity contribution is 0.282. The number of nitrogens with zero attached hydrogens (tertiary/aromatic N) is 3. The number of aliphatic hydroxyl groups is 1. The number of aryl methyl sites for hydroxylation is 1. The molecule has 0 aliphatic carbocycles. The van der Waals surface area contributed by atoms with Gasteiger partial charge in [0.15, 0.2) is 0 Å². The Morgan fingerprint density at radius 1 is 1.60 bits per heavy atom. The van der Waals surface area contributed by atoms with Crippen LogP contribution in [-0.4, -0.2) is 44.4 Å². The summed E-state index contributed by atoms with van der Waals surface area (Å²) in [6.45, 7) is 2.09. The van der Waals surface area contributed by atoms with Gasteiger partial charge in [-0.25, -0.2) is 4.98 Å². The van der Waals surface area contributed by atoms with Crippen molar-refractivity contribution in [2.75, 3.05) is 23.9 Å². The molecule has 8 heteroatoms. The number of nitrogens with one attached hydrogen (secondary N) is 1. The molecule has 0 radical (unpaired) electrons. The lowest BCUT2D eigenvalue weighted by Gasteiger charge is -2.14. The number of fused-ring (bicyclic) bond motifs is 1. The zero-order valence-corrected chi connectivity index (χ0v) is 13.1. The van der Waals surface area contributed by atoms with E-state index in [2.05, 4.69) is 15.4 Å². The molecular formula is C12H18N4O2S2. The maximum absolute atomic E-state index is 11.9. The van der Waals surface area contributed by atoms with E-state index >= 15 is 0 Å². The fourth-order valence-electron chi connectivity index (χ4n) is 1.82. The summed E-state index contributed by atoms with van der Waals surface area (Å²) in [5.41, 5.74) is 0.626. The number of rotatable bonds is 7. The quantitative estimate of drug-likeness (QED) is 0.800. The van der Waals surface area contributed by atoms with Crippen LogP contribution >= 0.6 is 23.1 Å². The van der Waals surface area contributed by atoms with Crippen LogP contribution in [0.1, 0.15) is 19.0 Å². The third kappa shape index (κ3) is 3.50. The van der Waals surface area contributed by atoms with E-state index in [4.69, 9.17) is 5.11 Å². The highest BCUT2D eigenvalue weighted by Gasteiger charge is 2.12. The molecule has 2 heterocycles. The lowest BCUT2D eigenvalue weighted by Crippen LogP contribution is -2.24. The molecule has 0 amide bonds. The number of hydrogen-bond acceptors (Lipinski definition) is 7. The first-order valence-electron chi connectivity index (χ1n) is 6.44. The molecule has 2 rings (SSSR count). The third-order valence-electron chi connectivity index (χ3n) is 2.83. The predicted molar refractivity (Wildman–Crippen MR) is 84.0 cm³/mol. The predicted octanol–water partition coefficient (Wildman–Crippen LogP) is 1.24. The van der Waals surface area contributed by atoms with Gasteiger partial charge in [-0.1, -0.05) is 18.3 Å². The fourth-order valence-corrected chi connectivity index (χ4v) is 3.38. The molecule has 2 aromatic heterocycles. The first kappa shape index (κ1) is 15.3. The monoisotopic (exact) mass is 314 g/mol. The highest BCUT2D eigenvalue weighted by atomic mass is 32.2. The Morgan fingerprint density at radius 2 is 2.40 bits per heavy atom. The summed E-state index contributed by atoms with van der Waals surface area (Å²) < 4.78 is 1.32. The second kappa shape index (κ2) is 7.05. The van der Waals surface area contributed by atoms with Gasteiger partial charge < -0.3 is 10.4 Å². The number of aliphatic hydroxyl groups excluding tert-OH is 1. The van der Waals surface area contributed by atoms with Crippen LogP contribution in [0.25, 0.3) is 4.96 Å². The lowest BCUT2D eigenvalue weighted by atomic mass is 10.2. The molecule has 110 valence electrons. The first-order chi connectivity index (χ1) is 9.67. The van der Waals surface area contributed by atoms with E-state index in [1.54, 1.807) is 11.8 Å². The van der Waals surface area contributed by atoms with Crippen molar-refractivity contribution in [3.8, 4) is 0 Å². The highest BCUT2D eigenvalue weighted by molar-refractivity contribution is 7.98. The van der Waals surface area contributed by atoms with Crippen molar-refractivity contribution in [2.24, 2.45) is 0 Å². The Labute approximate surface area is 125 Å². The molecule has 6 nitrogen and oxygen atoms in total. The van der Waals surface area contributed by atoms with E-state index in [1.165, 1.54) is 21.9 Å². The standard InChI is InChI=1S/C12H18N4O2S2/c1-3-8-6-10(18)16-12(14-8)20-11(15-16)13-9(4-5-17)7-19-2/h6,9,17H,3-5,7H2,1-2H3,(H,13,15). The van der Waals surface area contributed by atoms with Gasteiger partial charge in [-0.15, -0.1) is 5.10 Å². The van der Waals surface area contributed by atoms with Gasteiger partial charge in [0.05, 0.1) is 0 Å². The molecule has 0 aliphatic rings. The van der Waals surface area contributed by atoms with Gasteiger partial charge >= 0.3 is 0 Å². The molecule has 2 aromatic rings.